The van der Waals surface area contributed by atoms with Gasteiger partial charge in [-0.2, -0.15) is 0 Å². The molecule has 0 radical (unpaired) electrons. The van der Waals surface area contributed by atoms with Gasteiger partial charge in [-0.25, -0.2) is 4.98 Å². The number of aliphatic hydroxyl groups excluding tert-OH is 1. The number of aliphatic hydroxyl groups is 1. The van der Waals surface area contributed by atoms with E-state index in [2.05, 4.69) is 22.5 Å². The van der Waals surface area contributed by atoms with Gasteiger partial charge in [0, 0.05) is 12.7 Å². The minimum atomic E-state index is -0.460. The molecule has 0 bridgehead atoms. The zero-order valence-corrected chi connectivity index (χ0v) is 9.13. The molecule has 1 aromatic heterocycles. The molecule has 0 spiro atoms. The van der Waals surface area contributed by atoms with E-state index in [0.29, 0.717) is 6.54 Å². The molecule has 3 nitrogen and oxygen atoms in total. The van der Waals surface area contributed by atoms with Crippen molar-refractivity contribution in [3.05, 3.63) is 48.2 Å². The molecule has 1 atom stereocenters. The highest BCUT2D eigenvalue weighted by molar-refractivity contribution is 5.35. The molecule has 0 amide bonds. The number of hydrogen-bond acceptors (Lipinski definition) is 3. The molecule has 1 aromatic rings. The predicted octanol–water partition coefficient (Wildman–Crippen LogP) is 2.13. The molecule has 3 heteroatoms. The van der Waals surface area contributed by atoms with E-state index in [1.54, 1.807) is 6.20 Å². The number of nitrogens with zero attached hydrogens (tertiary/aromatic N) is 1. The third kappa shape index (κ3) is 2.94. The molecule has 16 heavy (non-hydrogen) atoms. The van der Waals surface area contributed by atoms with E-state index in [4.69, 9.17) is 0 Å². The number of pyridine rings is 1. The molecule has 1 aliphatic rings. The molecule has 0 aromatic carbocycles. The zero-order valence-electron chi connectivity index (χ0n) is 9.13. The Morgan fingerprint density at radius 3 is 3.00 bits per heavy atom. The van der Waals surface area contributed by atoms with Crippen LogP contribution in [0.3, 0.4) is 0 Å². The highest BCUT2D eigenvalue weighted by Gasteiger charge is 2.09. The fourth-order valence-electron chi connectivity index (χ4n) is 1.67. The topological polar surface area (TPSA) is 45.1 Å². The average Bonchev–Trinajstić information content (AvgIpc) is 2.38. The second-order valence-corrected chi connectivity index (χ2v) is 3.80. The Hall–Kier alpha value is -1.61. The quantitative estimate of drug-likeness (QED) is 0.810. The monoisotopic (exact) mass is 216 g/mol. The third-order valence-electron chi connectivity index (χ3n) is 2.55. The van der Waals surface area contributed by atoms with Crippen molar-refractivity contribution in [2.75, 3.05) is 11.9 Å². The van der Waals surface area contributed by atoms with Crippen molar-refractivity contribution in [2.45, 2.75) is 18.9 Å². The molecule has 1 unspecified atom stereocenters. The van der Waals surface area contributed by atoms with E-state index in [1.807, 2.05) is 24.3 Å². The highest BCUT2D eigenvalue weighted by Crippen LogP contribution is 2.13. The van der Waals surface area contributed by atoms with Crippen LogP contribution in [0.5, 0.6) is 0 Å². The molecular weight excluding hydrogens is 200 g/mol. The van der Waals surface area contributed by atoms with Crippen molar-refractivity contribution in [3.63, 3.8) is 0 Å². The summed E-state index contributed by atoms with van der Waals surface area (Å²) in [5.41, 5.74) is 0.995. The van der Waals surface area contributed by atoms with Gasteiger partial charge < -0.3 is 10.4 Å². The second kappa shape index (κ2) is 5.47. The molecule has 1 aliphatic carbocycles. The van der Waals surface area contributed by atoms with Gasteiger partial charge in [-0.05, 0) is 30.5 Å². The second-order valence-electron chi connectivity index (χ2n) is 3.80. The van der Waals surface area contributed by atoms with Gasteiger partial charge in [0.2, 0.25) is 0 Å². The van der Waals surface area contributed by atoms with Gasteiger partial charge in [-0.1, -0.05) is 24.3 Å². The minimum Gasteiger partial charge on any atom is -0.387 e. The molecule has 0 fully saturated rings. The van der Waals surface area contributed by atoms with Gasteiger partial charge >= 0.3 is 0 Å². The lowest BCUT2D eigenvalue weighted by Crippen LogP contribution is -2.21. The first-order valence-corrected chi connectivity index (χ1v) is 5.56. The van der Waals surface area contributed by atoms with Crippen molar-refractivity contribution in [3.8, 4) is 0 Å². The largest absolute Gasteiger partial charge is 0.387 e. The molecular formula is C13H16N2O. The lowest BCUT2D eigenvalue weighted by atomic mass is 10.0. The van der Waals surface area contributed by atoms with Crippen molar-refractivity contribution in [1.29, 1.82) is 0 Å². The van der Waals surface area contributed by atoms with Crippen LogP contribution in [0.15, 0.2) is 48.2 Å². The Morgan fingerprint density at radius 1 is 1.38 bits per heavy atom. The SMILES string of the molecule is OC(CNc1ccccn1)C1=CCCC=C1. The van der Waals surface area contributed by atoms with Crippen molar-refractivity contribution in [1.82, 2.24) is 4.98 Å². The summed E-state index contributed by atoms with van der Waals surface area (Å²) in [6, 6.07) is 5.67. The summed E-state index contributed by atoms with van der Waals surface area (Å²) < 4.78 is 0. The Kier molecular flexibility index (Phi) is 3.72. The van der Waals surface area contributed by atoms with Crippen LogP contribution < -0.4 is 5.32 Å². The number of anilines is 1. The highest BCUT2D eigenvalue weighted by atomic mass is 16.3. The van der Waals surface area contributed by atoms with Crippen LogP contribution in [-0.2, 0) is 0 Å². The standard InChI is InChI=1S/C13H16N2O/c16-12(11-6-2-1-3-7-11)10-15-13-8-4-5-9-14-13/h2,4-9,12,16H,1,3,10H2,(H,14,15). The predicted molar refractivity (Wildman–Crippen MR) is 65.2 cm³/mol. The summed E-state index contributed by atoms with van der Waals surface area (Å²) in [7, 11) is 0. The Morgan fingerprint density at radius 2 is 2.31 bits per heavy atom. The number of allylic oxidation sites excluding steroid dienone is 2. The third-order valence-corrected chi connectivity index (χ3v) is 2.55. The van der Waals surface area contributed by atoms with Gasteiger partial charge in [-0.3, -0.25) is 0 Å². The first-order valence-electron chi connectivity index (χ1n) is 5.56. The Bertz CT molecular complexity index is 384. The van der Waals surface area contributed by atoms with Gasteiger partial charge in [0.25, 0.3) is 0 Å². The summed E-state index contributed by atoms with van der Waals surface area (Å²) in [5, 5.41) is 13.0. The number of nitrogens with one attached hydrogen (secondary N) is 1. The van der Waals surface area contributed by atoms with Crippen LogP contribution in [-0.4, -0.2) is 22.7 Å². The lowest BCUT2D eigenvalue weighted by molar-refractivity contribution is 0.227. The van der Waals surface area contributed by atoms with Gasteiger partial charge in [0.1, 0.15) is 5.82 Å². The number of aromatic nitrogens is 1. The molecule has 0 saturated heterocycles. The van der Waals surface area contributed by atoms with E-state index in [-0.39, 0.29) is 0 Å². The summed E-state index contributed by atoms with van der Waals surface area (Å²) in [6.07, 6.45) is 9.54. The average molecular weight is 216 g/mol. The summed E-state index contributed by atoms with van der Waals surface area (Å²) in [5.74, 6) is 0.793. The van der Waals surface area contributed by atoms with E-state index >= 15 is 0 Å². The molecule has 0 saturated carbocycles. The van der Waals surface area contributed by atoms with Crippen molar-refractivity contribution < 1.29 is 5.11 Å². The Balaban J connectivity index is 1.86. The lowest BCUT2D eigenvalue weighted by Gasteiger charge is -2.15. The normalized spacial score (nSPS) is 16.7. The molecule has 2 N–H and O–H groups in total. The van der Waals surface area contributed by atoms with Gasteiger partial charge in [0.05, 0.1) is 6.10 Å². The maximum atomic E-state index is 9.93. The van der Waals surface area contributed by atoms with Gasteiger partial charge in [0.15, 0.2) is 0 Å². The maximum Gasteiger partial charge on any atom is 0.125 e. The van der Waals surface area contributed by atoms with Crippen LogP contribution in [0.4, 0.5) is 5.82 Å². The fourth-order valence-corrected chi connectivity index (χ4v) is 1.67. The number of hydrogen-bond donors (Lipinski definition) is 2. The van der Waals surface area contributed by atoms with Crippen LogP contribution >= 0.6 is 0 Å². The van der Waals surface area contributed by atoms with Crippen LogP contribution in [0.2, 0.25) is 0 Å². The fraction of sp³-hybridized carbons (Fsp3) is 0.308. The van der Waals surface area contributed by atoms with Gasteiger partial charge in [-0.15, -0.1) is 0 Å². The minimum absolute atomic E-state index is 0.460. The van der Waals surface area contributed by atoms with Crippen molar-refractivity contribution >= 4 is 5.82 Å². The molecule has 2 rings (SSSR count). The molecule has 84 valence electrons. The first-order chi connectivity index (χ1) is 7.86. The van der Waals surface area contributed by atoms with Crippen LogP contribution in [0, 0.1) is 0 Å². The summed E-state index contributed by atoms with van der Waals surface area (Å²) in [4.78, 5) is 4.14. The van der Waals surface area contributed by atoms with E-state index in [1.165, 1.54) is 0 Å². The molecule has 0 aliphatic heterocycles. The van der Waals surface area contributed by atoms with Crippen LogP contribution in [0.1, 0.15) is 12.8 Å². The van der Waals surface area contributed by atoms with E-state index in [0.717, 1.165) is 24.2 Å². The summed E-state index contributed by atoms with van der Waals surface area (Å²) in [6.45, 7) is 0.493. The maximum absolute atomic E-state index is 9.93. The molecule has 1 heterocycles. The van der Waals surface area contributed by atoms with E-state index < -0.39 is 6.10 Å². The zero-order chi connectivity index (χ0) is 11.2. The van der Waals surface area contributed by atoms with Crippen LogP contribution in [0.25, 0.3) is 0 Å². The van der Waals surface area contributed by atoms with E-state index in [9.17, 15) is 5.11 Å². The first kappa shape index (κ1) is 10.9. The Labute approximate surface area is 95.5 Å². The summed E-state index contributed by atoms with van der Waals surface area (Å²) >= 11 is 0. The van der Waals surface area contributed by atoms with Crippen molar-refractivity contribution in [2.24, 2.45) is 0 Å². The number of rotatable bonds is 4. The smallest absolute Gasteiger partial charge is 0.125 e.